The molecule has 1 aliphatic rings. The maximum atomic E-state index is 13.1. The fraction of sp³-hybridized carbons (Fsp3) is 0.333. The fourth-order valence-corrected chi connectivity index (χ4v) is 3.86. The van der Waals surface area contributed by atoms with Gasteiger partial charge in [-0.25, -0.2) is 4.98 Å². The predicted octanol–water partition coefficient (Wildman–Crippen LogP) is 3.67. The Hall–Kier alpha value is -3.88. The van der Waals surface area contributed by atoms with E-state index in [9.17, 15) is 4.79 Å². The summed E-state index contributed by atoms with van der Waals surface area (Å²) in [6, 6.07) is 12.7. The van der Waals surface area contributed by atoms with E-state index >= 15 is 0 Å². The van der Waals surface area contributed by atoms with Crippen LogP contribution in [0.1, 0.15) is 41.9 Å². The van der Waals surface area contributed by atoms with Crippen LogP contribution in [0, 0.1) is 0 Å². The number of carbonyl (C=O) groups excluding carboxylic acids is 1. The zero-order valence-electron chi connectivity index (χ0n) is 18.7. The molecule has 33 heavy (non-hydrogen) atoms. The Bertz CT molecular complexity index is 1100. The average molecular weight is 450 g/mol. The van der Waals surface area contributed by atoms with Gasteiger partial charge in [0, 0.05) is 31.1 Å². The number of nitrogens with two attached hydrogens (primary N) is 1. The van der Waals surface area contributed by atoms with Crippen LogP contribution in [0.15, 0.2) is 48.7 Å². The number of para-hydroxylation sites is 1. The van der Waals surface area contributed by atoms with Gasteiger partial charge >= 0.3 is 0 Å². The maximum absolute atomic E-state index is 13.1. The number of hydrogen-bond acceptors (Lipinski definition) is 8. The van der Waals surface area contributed by atoms with Gasteiger partial charge in [0.05, 0.1) is 19.9 Å². The summed E-state index contributed by atoms with van der Waals surface area (Å²) in [4.78, 5) is 19.2. The Labute approximate surface area is 192 Å². The SMILES string of the molecule is CCOc1cc(N)nnc1C1CCN(C(=O)c2cc(OC)c(Oc3ccccc3)cn2)CC1. The molecule has 3 aromatic rings. The van der Waals surface area contributed by atoms with Gasteiger partial charge in [0.25, 0.3) is 5.91 Å². The molecule has 0 unspecified atom stereocenters. The van der Waals surface area contributed by atoms with E-state index in [2.05, 4.69) is 15.2 Å². The molecule has 0 aliphatic carbocycles. The topological polar surface area (TPSA) is 113 Å². The summed E-state index contributed by atoms with van der Waals surface area (Å²) in [5, 5.41) is 8.26. The van der Waals surface area contributed by atoms with E-state index in [0.29, 0.717) is 54.2 Å². The minimum absolute atomic E-state index is 0.146. The van der Waals surface area contributed by atoms with Crippen LogP contribution in [0.4, 0.5) is 5.82 Å². The van der Waals surface area contributed by atoms with Crippen LogP contribution in [-0.4, -0.2) is 52.8 Å². The molecule has 4 rings (SSSR count). The summed E-state index contributed by atoms with van der Waals surface area (Å²) in [7, 11) is 1.54. The van der Waals surface area contributed by atoms with Gasteiger partial charge in [0.1, 0.15) is 28.7 Å². The molecular weight excluding hydrogens is 422 g/mol. The number of amides is 1. The first-order chi connectivity index (χ1) is 16.1. The molecule has 172 valence electrons. The number of ether oxygens (including phenoxy) is 3. The monoisotopic (exact) mass is 449 g/mol. The zero-order valence-corrected chi connectivity index (χ0v) is 18.7. The highest BCUT2D eigenvalue weighted by atomic mass is 16.5. The minimum atomic E-state index is -0.147. The molecule has 0 bridgehead atoms. The Morgan fingerprint density at radius 1 is 1.09 bits per heavy atom. The van der Waals surface area contributed by atoms with Gasteiger partial charge in [-0.1, -0.05) is 18.2 Å². The van der Waals surface area contributed by atoms with Crippen molar-refractivity contribution >= 4 is 11.7 Å². The lowest BCUT2D eigenvalue weighted by atomic mass is 9.92. The number of pyridine rings is 1. The van der Waals surface area contributed by atoms with E-state index in [4.69, 9.17) is 19.9 Å². The van der Waals surface area contributed by atoms with Crippen molar-refractivity contribution in [2.75, 3.05) is 32.5 Å². The highest BCUT2D eigenvalue weighted by Gasteiger charge is 2.29. The van der Waals surface area contributed by atoms with Crippen LogP contribution in [-0.2, 0) is 0 Å². The number of anilines is 1. The third kappa shape index (κ3) is 5.14. The van der Waals surface area contributed by atoms with Crippen molar-refractivity contribution in [3.8, 4) is 23.0 Å². The van der Waals surface area contributed by atoms with Gasteiger partial charge in [-0.15, -0.1) is 10.2 Å². The number of nitrogen functional groups attached to an aromatic ring is 1. The standard InChI is InChI=1S/C24H27N5O4/c1-3-32-20-14-22(25)27-28-23(20)16-9-11-29(12-10-16)24(30)18-13-19(31-2)21(15-26-18)33-17-7-5-4-6-8-17/h4-8,13-16H,3,9-12H2,1-2H3,(H2,25,27). The van der Waals surface area contributed by atoms with Crippen LogP contribution in [0.25, 0.3) is 0 Å². The molecule has 1 saturated heterocycles. The molecule has 1 aromatic carbocycles. The Balaban J connectivity index is 1.43. The molecule has 1 fully saturated rings. The van der Waals surface area contributed by atoms with Gasteiger partial charge < -0.3 is 24.8 Å². The summed E-state index contributed by atoms with van der Waals surface area (Å²) in [5.41, 5.74) is 6.86. The van der Waals surface area contributed by atoms with Crippen molar-refractivity contribution in [2.45, 2.75) is 25.7 Å². The number of hydrogen-bond donors (Lipinski definition) is 1. The normalized spacial score (nSPS) is 14.1. The molecule has 1 aliphatic heterocycles. The summed E-state index contributed by atoms with van der Waals surface area (Å²) < 4.78 is 17.0. The highest BCUT2D eigenvalue weighted by Crippen LogP contribution is 2.34. The fourth-order valence-electron chi connectivity index (χ4n) is 3.86. The van der Waals surface area contributed by atoms with Gasteiger partial charge in [-0.05, 0) is 31.9 Å². The predicted molar refractivity (Wildman–Crippen MR) is 123 cm³/mol. The largest absolute Gasteiger partial charge is 0.493 e. The first-order valence-electron chi connectivity index (χ1n) is 10.9. The Morgan fingerprint density at radius 3 is 2.55 bits per heavy atom. The molecule has 0 spiro atoms. The van der Waals surface area contributed by atoms with Gasteiger partial charge in [0.2, 0.25) is 0 Å². The Morgan fingerprint density at radius 2 is 1.85 bits per heavy atom. The van der Waals surface area contributed by atoms with Crippen LogP contribution in [0.3, 0.4) is 0 Å². The molecule has 9 heteroatoms. The van der Waals surface area contributed by atoms with Gasteiger partial charge in [-0.2, -0.15) is 0 Å². The van der Waals surface area contributed by atoms with Crippen LogP contribution < -0.4 is 19.9 Å². The number of carbonyl (C=O) groups is 1. The number of benzene rings is 1. The van der Waals surface area contributed by atoms with Crippen molar-refractivity contribution in [1.29, 1.82) is 0 Å². The molecule has 3 heterocycles. The van der Waals surface area contributed by atoms with Crippen molar-refractivity contribution < 1.29 is 19.0 Å². The maximum Gasteiger partial charge on any atom is 0.272 e. The molecule has 0 radical (unpaired) electrons. The smallest absolute Gasteiger partial charge is 0.272 e. The van der Waals surface area contributed by atoms with Crippen LogP contribution in [0.5, 0.6) is 23.0 Å². The second kappa shape index (κ2) is 10.2. The highest BCUT2D eigenvalue weighted by molar-refractivity contribution is 5.93. The first kappa shape index (κ1) is 22.3. The number of likely N-dealkylation sites (tertiary alicyclic amines) is 1. The molecule has 1 amide bonds. The summed E-state index contributed by atoms with van der Waals surface area (Å²) in [6.45, 7) is 3.59. The molecule has 2 aromatic heterocycles. The zero-order chi connectivity index (χ0) is 23.2. The quantitative estimate of drug-likeness (QED) is 0.581. The van der Waals surface area contributed by atoms with E-state index in [0.717, 1.165) is 18.5 Å². The van der Waals surface area contributed by atoms with E-state index < -0.39 is 0 Å². The van der Waals surface area contributed by atoms with Crippen molar-refractivity contribution in [3.63, 3.8) is 0 Å². The number of rotatable bonds is 7. The minimum Gasteiger partial charge on any atom is -0.493 e. The molecule has 9 nitrogen and oxygen atoms in total. The second-order valence-corrected chi connectivity index (χ2v) is 7.65. The number of nitrogens with zero attached hydrogens (tertiary/aromatic N) is 4. The van der Waals surface area contributed by atoms with E-state index in [1.54, 1.807) is 17.0 Å². The summed E-state index contributed by atoms with van der Waals surface area (Å²) >= 11 is 0. The molecule has 2 N–H and O–H groups in total. The van der Waals surface area contributed by atoms with Crippen LogP contribution >= 0.6 is 0 Å². The van der Waals surface area contributed by atoms with Crippen LogP contribution in [0.2, 0.25) is 0 Å². The van der Waals surface area contributed by atoms with Crippen molar-refractivity contribution in [3.05, 3.63) is 60.0 Å². The first-order valence-corrected chi connectivity index (χ1v) is 10.9. The number of piperidine rings is 1. The molecular formula is C24H27N5O4. The lowest BCUT2D eigenvalue weighted by molar-refractivity contribution is 0.0705. The third-order valence-electron chi connectivity index (χ3n) is 5.51. The molecule has 0 saturated carbocycles. The van der Waals surface area contributed by atoms with E-state index in [1.807, 2.05) is 37.3 Å². The van der Waals surface area contributed by atoms with Gasteiger partial charge in [-0.3, -0.25) is 4.79 Å². The van der Waals surface area contributed by atoms with Crippen molar-refractivity contribution in [2.24, 2.45) is 0 Å². The lowest BCUT2D eigenvalue weighted by Gasteiger charge is -2.32. The van der Waals surface area contributed by atoms with Crippen molar-refractivity contribution in [1.82, 2.24) is 20.1 Å². The second-order valence-electron chi connectivity index (χ2n) is 7.65. The van der Waals surface area contributed by atoms with E-state index in [1.165, 1.54) is 13.3 Å². The van der Waals surface area contributed by atoms with Gasteiger partial charge in [0.15, 0.2) is 11.5 Å². The lowest BCUT2D eigenvalue weighted by Crippen LogP contribution is -2.38. The summed E-state index contributed by atoms with van der Waals surface area (Å²) in [5.74, 6) is 2.55. The van der Waals surface area contributed by atoms with E-state index in [-0.39, 0.29) is 11.8 Å². The number of aromatic nitrogens is 3. The third-order valence-corrected chi connectivity index (χ3v) is 5.51. The average Bonchev–Trinajstić information content (AvgIpc) is 2.85. The Kier molecular flexibility index (Phi) is 6.87. The number of methoxy groups -OCH3 is 1. The summed E-state index contributed by atoms with van der Waals surface area (Å²) in [6.07, 6.45) is 3.01. The molecule has 0 atom stereocenters.